The Morgan fingerprint density at radius 1 is 1.00 bits per heavy atom. The van der Waals surface area contributed by atoms with E-state index >= 15 is 0 Å². The molecule has 1 aliphatic carbocycles. The summed E-state index contributed by atoms with van der Waals surface area (Å²) < 4.78 is 5.59. The molecule has 0 aromatic heterocycles. The average Bonchev–Trinajstić information content (AvgIpc) is 3.16. The van der Waals surface area contributed by atoms with Crippen molar-refractivity contribution in [2.45, 2.75) is 38.6 Å². The second-order valence-corrected chi connectivity index (χ2v) is 9.29. The van der Waals surface area contributed by atoms with Crippen molar-refractivity contribution < 1.29 is 24.2 Å². The Bertz CT molecular complexity index is 1020. The summed E-state index contributed by atoms with van der Waals surface area (Å²) in [7, 11) is 3.49. The largest absolute Gasteiger partial charge is 0.480 e. The lowest BCUT2D eigenvalue weighted by Gasteiger charge is -2.32. The van der Waals surface area contributed by atoms with Crippen molar-refractivity contribution in [3.05, 3.63) is 59.7 Å². The standard InChI is InChI=1S/C27H35N3O5/c1-5-27(6-2,25(33)29-23(24(31)32)15-30(3)4)17-28-26(34)35-16-22-20-13-9-7-11-18(20)19-12-8-10-14-21(19)22/h7-14,22-23H,5-6,15-17H2,1-4H3,(H,28,34)(H,29,33)(H,31,32). The predicted molar refractivity (Wildman–Crippen MR) is 134 cm³/mol. The molecule has 0 saturated carbocycles. The van der Waals surface area contributed by atoms with Crippen molar-refractivity contribution >= 4 is 18.0 Å². The van der Waals surface area contributed by atoms with Gasteiger partial charge in [-0.15, -0.1) is 0 Å². The van der Waals surface area contributed by atoms with E-state index in [2.05, 4.69) is 34.9 Å². The number of hydrogen-bond donors (Lipinski definition) is 3. The maximum absolute atomic E-state index is 13.1. The first-order chi connectivity index (χ1) is 16.7. The highest BCUT2D eigenvalue weighted by atomic mass is 16.5. The molecule has 2 aromatic rings. The number of alkyl carbamates (subject to hydrolysis) is 1. The minimum Gasteiger partial charge on any atom is -0.480 e. The third kappa shape index (κ3) is 5.82. The number of benzene rings is 2. The number of aliphatic carboxylic acids is 1. The minimum absolute atomic E-state index is 0.0524. The maximum Gasteiger partial charge on any atom is 0.407 e. The lowest BCUT2D eigenvalue weighted by atomic mass is 9.81. The Kier molecular flexibility index (Phi) is 8.51. The molecule has 0 spiro atoms. The quantitative estimate of drug-likeness (QED) is 0.454. The van der Waals surface area contributed by atoms with E-state index in [1.807, 2.05) is 38.1 Å². The molecule has 1 atom stereocenters. The monoisotopic (exact) mass is 481 g/mol. The molecule has 0 fully saturated rings. The third-order valence-electron chi connectivity index (χ3n) is 6.90. The van der Waals surface area contributed by atoms with E-state index in [0.29, 0.717) is 12.8 Å². The summed E-state index contributed by atoms with van der Waals surface area (Å²) in [5, 5.41) is 14.9. The molecule has 8 nitrogen and oxygen atoms in total. The number of carboxylic acid groups (broad SMARTS) is 1. The summed E-state index contributed by atoms with van der Waals surface area (Å²) >= 11 is 0. The van der Waals surface area contributed by atoms with Crippen LogP contribution in [0, 0.1) is 5.41 Å². The summed E-state index contributed by atoms with van der Waals surface area (Å²) in [5.74, 6) is -1.55. The van der Waals surface area contributed by atoms with Crippen LogP contribution in [-0.2, 0) is 14.3 Å². The van der Waals surface area contributed by atoms with Gasteiger partial charge < -0.3 is 25.4 Å². The Labute approximate surface area is 206 Å². The van der Waals surface area contributed by atoms with Gasteiger partial charge in [-0.2, -0.15) is 0 Å². The highest BCUT2D eigenvalue weighted by Crippen LogP contribution is 2.44. The second kappa shape index (κ2) is 11.4. The second-order valence-electron chi connectivity index (χ2n) is 9.29. The fraction of sp³-hybridized carbons (Fsp3) is 0.444. The first kappa shape index (κ1) is 26.2. The van der Waals surface area contributed by atoms with Crippen LogP contribution in [0.25, 0.3) is 11.1 Å². The molecular formula is C27H35N3O5. The van der Waals surface area contributed by atoms with Crippen molar-refractivity contribution in [3.8, 4) is 11.1 Å². The number of rotatable bonds is 11. The van der Waals surface area contributed by atoms with Crippen LogP contribution in [0.15, 0.2) is 48.5 Å². The minimum atomic E-state index is -1.10. The van der Waals surface area contributed by atoms with Gasteiger partial charge in [0, 0.05) is 19.0 Å². The lowest BCUT2D eigenvalue weighted by Crippen LogP contribution is -2.54. The Hall–Kier alpha value is -3.39. The van der Waals surface area contributed by atoms with Gasteiger partial charge in [0.25, 0.3) is 0 Å². The molecule has 0 heterocycles. The molecule has 188 valence electrons. The number of hydrogen-bond acceptors (Lipinski definition) is 5. The van der Waals surface area contributed by atoms with Crippen LogP contribution in [-0.4, -0.2) is 67.8 Å². The zero-order valence-corrected chi connectivity index (χ0v) is 20.8. The molecule has 1 aliphatic rings. The summed E-state index contributed by atoms with van der Waals surface area (Å²) in [6.07, 6.45) is 0.273. The fourth-order valence-corrected chi connectivity index (χ4v) is 4.65. The number of carboxylic acids is 1. The fourth-order valence-electron chi connectivity index (χ4n) is 4.65. The molecule has 1 unspecified atom stereocenters. The average molecular weight is 482 g/mol. The van der Waals surface area contributed by atoms with Crippen LogP contribution in [0.4, 0.5) is 4.79 Å². The number of likely N-dealkylation sites (N-methyl/N-ethyl adjacent to an activating group) is 1. The van der Waals surface area contributed by atoms with Crippen LogP contribution in [0.5, 0.6) is 0 Å². The Morgan fingerprint density at radius 2 is 1.54 bits per heavy atom. The number of amides is 2. The van der Waals surface area contributed by atoms with Gasteiger partial charge in [-0.05, 0) is 49.2 Å². The molecule has 0 bridgehead atoms. The topological polar surface area (TPSA) is 108 Å². The number of ether oxygens (including phenoxy) is 1. The first-order valence-corrected chi connectivity index (χ1v) is 12.0. The van der Waals surface area contributed by atoms with E-state index in [1.165, 1.54) is 0 Å². The maximum atomic E-state index is 13.1. The molecule has 3 rings (SSSR count). The summed E-state index contributed by atoms with van der Waals surface area (Å²) in [4.78, 5) is 39.0. The van der Waals surface area contributed by atoms with Gasteiger partial charge in [0.15, 0.2) is 0 Å². The molecule has 35 heavy (non-hydrogen) atoms. The van der Waals surface area contributed by atoms with Crippen LogP contribution >= 0.6 is 0 Å². The van der Waals surface area contributed by atoms with E-state index in [9.17, 15) is 19.5 Å². The normalized spacial score (nSPS) is 13.6. The van der Waals surface area contributed by atoms with Gasteiger partial charge in [-0.25, -0.2) is 9.59 Å². The molecule has 2 amide bonds. The summed E-state index contributed by atoms with van der Waals surface area (Å²) in [5.41, 5.74) is 3.60. The van der Waals surface area contributed by atoms with Crippen LogP contribution in [0.3, 0.4) is 0 Å². The predicted octanol–water partition coefficient (Wildman–Crippen LogP) is 3.46. The van der Waals surface area contributed by atoms with Crippen molar-refractivity contribution in [1.29, 1.82) is 0 Å². The van der Waals surface area contributed by atoms with Gasteiger partial charge in [0.2, 0.25) is 5.91 Å². The van der Waals surface area contributed by atoms with E-state index in [4.69, 9.17) is 4.74 Å². The molecule has 8 heteroatoms. The van der Waals surface area contributed by atoms with Crippen molar-refractivity contribution in [3.63, 3.8) is 0 Å². The number of nitrogens with zero attached hydrogens (tertiary/aromatic N) is 1. The number of carbonyl (C=O) groups is 3. The van der Waals surface area contributed by atoms with E-state index in [-0.39, 0.29) is 25.6 Å². The van der Waals surface area contributed by atoms with Crippen molar-refractivity contribution in [1.82, 2.24) is 15.5 Å². The summed E-state index contributed by atoms with van der Waals surface area (Å²) in [6, 6.07) is 15.2. The Balaban J connectivity index is 1.63. The Morgan fingerprint density at radius 3 is 2.03 bits per heavy atom. The van der Waals surface area contributed by atoms with Crippen LogP contribution < -0.4 is 10.6 Å². The summed E-state index contributed by atoms with van der Waals surface area (Å²) in [6.45, 7) is 4.11. The SMILES string of the molecule is CCC(CC)(CNC(=O)OCC1c2ccccc2-c2ccccc21)C(=O)NC(CN(C)C)C(=O)O. The van der Waals surface area contributed by atoms with E-state index in [0.717, 1.165) is 22.3 Å². The molecule has 3 N–H and O–H groups in total. The van der Waals surface area contributed by atoms with Gasteiger partial charge in [0.05, 0.1) is 5.41 Å². The molecule has 0 saturated heterocycles. The number of carbonyl (C=O) groups excluding carboxylic acids is 2. The molecule has 0 aliphatic heterocycles. The number of fused-ring (bicyclic) bond motifs is 3. The smallest absolute Gasteiger partial charge is 0.407 e. The molecule has 0 radical (unpaired) electrons. The van der Waals surface area contributed by atoms with Crippen LogP contribution in [0.1, 0.15) is 43.7 Å². The van der Waals surface area contributed by atoms with E-state index in [1.54, 1.807) is 19.0 Å². The lowest BCUT2D eigenvalue weighted by molar-refractivity contribution is -0.144. The van der Waals surface area contributed by atoms with Gasteiger partial charge in [-0.3, -0.25) is 4.79 Å². The third-order valence-corrected chi connectivity index (χ3v) is 6.90. The molecule has 2 aromatic carbocycles. The zero-order valence-electron chi connectivity index (χ0n) is 20.8. The molecular weight excluding hydrogens is 446 g/mol. The van der Waals surface area contributed by atoms with Gasteiger partial charge in [0.1, 0.15) is 12.6 Å². The van der Waals surface area contributed by atoms with Crippen LogP contribution in [0.2, 0.25) is 0 Å². The van der Waals surface area contributed by atoms with Crippen molar-refractivity contribution in [2.75, 3.05) is 33.8 Å². The zero-order chi connectivity index (χ0) is 25.6. The number of nitrogens with one attached hydrogen (secondary N) is 2. The van der Waals surface area contributed by atoms with E-state index < -0.39 is 29.4 Å². The highest BCUT2D eigenvalue weighted by molar-refractivity contribution is 5.88. The van der Waals surface area contributed by atoms with Gasteiger partial charge >= 0.3 is 12.1 Å². The van der Waals surface area contributed by atoms with Crippen molar-refractivity contribution in [2.24, 2.45) is 5.41 Å². The van der Waals surface area contributed by atoms with Gasteiger partial charge in [-0.1, -0.05) is 62.4 Å². The highest BCUT2D eigenvalue weighted by Gasteiger charge is 2.38. The first-order valence-electron chi connectivity index (χ1n) is 12.0.